The molecule has 4 aromatic rings. The van der Waals surface area contributed by atoms with Crippen molar-refractivity contribution >= 4 is 17.5 Å². The number of rotatable bonds is 7. The summed E-state index contributed by atoms with van der Waals surface area (Å²) in [7, 11) is 1.61. The largest absolute Gasteiger partial charge is 0.497 e. The molecule has 0 unspecified atom stereocenters. The van der Waals surface area contributed by atoms with Gasteiger partial charge in [-0.2, -0.15) is 0 Å². The molecule has 174 valence electrons. The van der Waals surface area contributed by atoms with E-state index in [2.05, 4.69) is 10.2 Å². The molecule has 0 atom stereocenters. The minimum absolute atomic E-state index is 0.00825. The van der Waals surface area contributed by atoms with Crippen molar-refractivity contribution in [1.82, 2.24) is 14.8 Å². The van der Waals surface area contributed by atoms with Crippen LogP contribution in [-0.4, -0.2) is 46.6 Å². The first-order valence-electron chi connectivity index (χ1n) is 10.8. The van der Waals surface area contributed by atoms with Crippen LogP contribution in [0.3, 0.4) is 0 Å². The second kappa shape index (κ2) is 9.26. The Morgan fingerprint density at radius 1 is 1.03 bits per heavy atom. The van der Waals surface area contributed by atoms with Crippen LogP contribution >= 0.6 is 11.8 Å². The van der Waals surface area contributed by atoms with Crippen LogP contribution < -0.4 is 14.2 Å². The highest BCUT2D eigenvalue weighted by atomic mass is 32.2. The molecule has 0 bridgehead atoms. The SMILES string of the molecule is COc1ccc(-c2nnc(SCC(=O)c3cc(C)n(-c4ccc5c(c4)OCCO5)c3C)o2)cc1. The number of aryl methyl sites for hydroxylation is 1. The summed E-state index contributed by atoms with van der Waals surface area (Å²) >= 11 is 1.22. The number of ether oxygens (including phenoxy) is 3. The first kappa shape index (κ1) is 22.1. The third-order valence-electron chi connectivity index (χ3n) is 5.59. The Morgan fingerprint density at radius 2 is 1.79 bits per heavy atom. The van der Waals surface area contributed by atoms with E-state index in [0.29, 0.717) is 35.6 Å². The van der Waals surface area contributed by atoms with Crippen LogP contribution in [0.4, 0.5) is 0 Å². The Morgan fingerprint density at radius 3 is 2.56 bits per heavy atom. The number of ketones is 1. The number of aromatic nitrogens is 3. The quantitative estimate of drug-likeness (QED) is 0.274. The monoisotopic (exact) mass is 477 g/mol. The lowest BCUT2D eigenvalue weighted by Gasteiger charge is -2.20. The van der Waals surface area contributed by atoms with Crippen molar-refractivity contribution in [3.8, 4) is 34.4 Å². The second-order valence-corrected chi connectivity index (χ2v) is 8.69. The molecule has 0 saturated carbocycles. The van der Waals surface area contributed by atoms with Gasteiger partial charge in [-0.25, -0.2) is 0 Å². The summed E-state index contributed by atoms with van der Waals surface area (Å²) in [6.07, 6.45) is 0. The number of benzene rings is 2. The third-order valence-corrected chi connectivity index (χ3v) is 6.40. The van der Waals surface area contributed by atoms with E-state index < -0.39 is 0 Å². The zero-order chi connectivity index (χ0) is 23.7. The lowest BCUT2D eigenvalue weighted by Crippen LogP contribution is -2.15. The lowest BCUT2D eigenvalue weighted by atomic mass is 10.2. The van der Waals surface area contributed by atoms with Crippen molar-refractivity contribution in [2.45, 2.75) is 19.1 Å². The molecular formula is C25H23N3O5S. The fourth-order valence-electron chi connectivity index (χ4n) is 3.94. The minimum Gasteiger partial charge on any atom is -0.497 e. The maximum absolute atomic E-state index is 13.0. The van der Waals surface area contributed by atoms with Crippen molar-refractivity contribution in [1.29, 1.82) is 0 Å². The van der Waals surface area contributed by atoms with E-state index in [1.807, 2.05) is 66.9 Å². The normalized spacial score (nSPS) is 12.6. The summed E-state index contributed by atoms with van der Waals surface area (Å²) in [6.45, 7) is 4.99. The summed E-state index contributed by atoms with van der Waals surface area (Å²) in [6, 6.07) is 15.1. The van der Waals surface area contributed by atoms with E-state index in [9.17, 15) is 4.79 Å². The average molecular weight is 478 g/mol. The Balaban J connectivity index is 1.30. The van der Waals surface area contributed by atoms with Crippen LogP contribution in [0.2, 0.25) is 0 Å². The maximum atomic E-state index is 13.0. The van der Waals surface area contributed by atoms with Gasteiger partial charge < -0.3 is 23.2 Å². The van der Waals surface area contributed by atoms with Crippen molar-refractivity contribution < 1.29 is 23.4 Å². The molecular weight excluding hydrogens is 454 g/mol. The molecule has 5 rings (SSSR count). The molecule has 9 heteroatoms. The highest BCUT2D eigenvalue weighted by molar-refractivity contribution is 7.99. The highest BCUT2D eigenvalue weighted by Gasteiger charge is 2.20. The van der Waals surface area contributed by atoms with Crippen molar-refractivity contribution in [2.75, 3.05) is 26.1 Å². The molecule has 2 aromatic carbocycles. The Hall–Kier alpha value is -3.72. The summed E-state index contributed by atoms with van der Waals surface area (Å²) in [5.41, 5.74) is 4.20. The standard InChI is InChI=1S/C25H23N3O5S/c1-15-12-20(16(2)28(15)18-6-9-22-23(13-18)32-11-10-31-22)21(29)14-34-25-27-26-24(33-25)17-4-7-19(30-3)8-5-17/h4-9,12-13H,10-11,14H2,1-3H3. The Kier molecular flexibility index (Phi) is 6.02. The molecule has 0 amide bonds. The van der Waals surface area contributed by atoms with Gasteiger partial charge in [0.15, 0.2) is 17.3 Å². The van der Waals surface area contributed by atoms with Gasteiger partial charge in [-0.05, 0) is 56.3 Å². The smallest absolute Gasteiger partial charge is 0.277 e. The van der Waals surface area contributed by atoms with E-state index >= 15 is 0 Å². The van der Waals surface area contributed by atoms with Gasteiger partial charge in [0.25, 0.3) is 5.22 Å². The fourth-order valence-corrected chi connectivity index (χ4v) is 4.58. The molecule has 0 fully saturated rings. The van der Waals surface area contributed by atoms with E-state index in [4.69, 9.17) is 18.6 Å². The van der Waals surface area contributed by atoms with E-state index in [1.54, 1.807) is 7.11 Å². The number of methoxy groups -OCH3 is 1. The summed E-state index contributed by atoms with van der Waals surface area (Å²) in [4.78, 5) is 13.0. The van der Waals surface area contributed by atoms with E-state index in [1.165, 1.54) is 11.8 Å². The maximum Gasteiger partial charge on any atom is 0.277 e. The van der Waals surface area contributed by atoms with Gasteiger partial charge in [-0.15, -0.1) is 10.2 Å². The third kappa shape index (κ3) is 4.26. The molecule has 34 heavy (non-hydrogen) atoms. The molecule has 3 heterocycles. The average Bonchev–Trinajstić information content (AvgIpc) is 3.46. The van der Waals surface area contributed by atoms with Gasteiger partial charge >= 0.3 is 0 Å². The van der Waals surface area contributed by atoms with Gasteiger partial charge in [-0.3, -0.25) is 4.79 Å². The van der Waals surface area contributed by atoms with Crippen molar-refractivity contribution in [2.24, 2.45) is 0 Å². The number of Topliss-reactive ketones (excluding diaryl/α,β-unsaturated/α-hetero) is 1. The molecule has 0 spiro atoms. The van der Waals surface area contributed by atoms with Crippen LogP contribution in [0.1, 0.15) is 21.7 Å². The minimum atomic E-state index is -0.00825. The van der Waals surface area contributed by atoms with Crippen molar-refractivity contribution in [3.63, 3.8) is 0 Å². The molecule has 1 aliphatic heterocycles. The highest BCUT2D eigenvalue weighted by Crippen LogP contribution is 2.34. The number of nitrogens with zero attached hydrogens (tertiary/aromatic N) is 3. The fraction of sp³-hybridized carbons (Fsp3) is 0.240. The first-order valence-corrected chi connectivity index (χ1v) is 11.7. The predicted molar refractivity (Wildman–Crippen MR) is 128 cm³/mol. The zero-order valence-electron chi connectivity index (χ0n) is 19.0. The van der Waals surface area contributed by atoms with E-state index in [0.717, 1.165) is 34.1 Å². The topological polar surface area (TPSA) is 88.6 Å². The summed E-state index contributed by atoms with van der Waals surface area (Å²) < 4.78 is 24.3. The molecule has 0 aliphatic carbocycles. The van der Waals surface area contributed by atoms with Gasteiger partial charge in [0, 0.05) is 34.3 Å². The van der Waals surface area contributed by atoms with Gasteiger partial charge in [0.2, 0.25) is 5.89 Å². The molecule has 1 aliphatic rings. The van der Waals surface area contributed by atoms with Crippen molar-refractivity contribution in [3.05, 3.63) is 65.5 Å². The number of hydrogen-bond acceptors (Lipinski definition) is 8. The Labute approximate surface area is 200 Å². The summed E-state index contributed by atoms with van der Waals surface area (Å²) in [5, 5.41) is 8.50. The number of carbonyl (C=O) groups is 1. The lowest BCUT2D eigenvalue weighted by molar-refractivity contribution is 0.102. The molecule has 2 aromatic heterocycles. The first-order chi connectivity index (χ1) is 16.5. The molecule has 0 N–H and O–H groups in total. The number of carbonyl (C=O) groups excluding carboxylic acids is 1. The number of fused-ring (bicyclic) bond motifs is 1. The Bertz CT molecular complexity index is 1340. The van der Waals surface area contributed by atoms with Crippen LogP contribution in [0.5, 0.6) is 17.2 Å². The number of hydrogen-bond donors (Lipinski definition) is 0. The molecule has 0 radical (unpaired) electrons. The van der Waals surface area contributed by atoms with Crippen LogP contribution in [0, 0.1) is 13.8 Å². The van der Waals surface area contributed by atoms with Gasteiger partial charge in [0.1, 0.15) is 19.0 Å². The van der Waals surface area contributed by atoms with Crippen LogP contribution in [0.25, 0.3) is 17.1 Å². The predicted octanol–water partition coefficient (Wildman–Crippen LogP) is 4.90. The molecule has 8 nitrogen and oxygen atoms in total. The van der Waals surface area contributed by atoms with Crippen LogP contribution in [-0.2, 0) is 0 Å². The van der Waals surface area contributed by atoms with Crippen LogP contribution in [0.15, 0.2) is 58.2 Å². The molecule has 0 saturated heterocycles. The van der Waals surface area contributed by atoms with Gasteiger partial charge in [-0.1, -0.05) is 11.8 Å². The van der Waals surface area contributed by atoms with E-state index in [-0.39, 0.29) is 11.5 Å². The van der Waals surface area contributed by atoms with Gasteiger partial charge in [0.05, 0.1) is 12.9 Å². The second-order valence-electron chi connectivity index (χ2n) is 7.76. The summed E-state index contributed by atoms with van der Waals surface area (Å²) in [5.74, 6) is 2.77. The number of thioether (sulfide) groups is 1. The zero-order valence-corrected chi connectivity index (χ0v) is 19.8.